The molecule has 0 spiro atoms. The van der Waals surface area contributed by atoms with Crippen LogP contribution in [-0.2, 0) is 0 Å². The van der Waals surface area contributed by atoms with Gasteiger partial charge in [-0.05, 0) is 72.7 Å². The van der Waals surface area contributed by atoms with Gasteiger partial charge in [0.2, 0.25) is 0 Å². The minimum absolute atomic E-state index is 0. The molecule has 0 radical (unpaired) electrons. The number of fused-ring (bicyclic) bond motifs is 2. The molecular formula is C19H20ClNOS. The molecule has 0 atom stereocenters. The predicted molar refractivity (Wildman–Crippen MR) is 102 cm³/mol. The fourth-order valence-electron chi connectivity index (χ4n) is 3.63. The molecule has 1 fully saturated rings. The van der Waals surface area contributed by atoms with E-state index in [1.165, 1.54) is 23.1 Å². The Hall–Kier alpha value is -1.42. The summed E-state index contributed by atoms with van der Waals surface area (Å²) >= 11 is 1.77. The highest BCUT2D eigenvalue weighted by Crippen LogP contribution is 2.38. The molecule has 0 aliphatic carbocycles. The lowest BCUT2D eigenvalue weighted by Gasteiger charge is -2.29. The highest BCUT2D eigenvalue weighted by Gasteiger charge is 2.22. The molecule has 0 bridgehead atoms. The van der Waals surface area contributed by atoms with Crippen LogP contribution in [-0.4, -0.2) is 25.0 Å². The summed E-state index contributed by atoms with van der Waals surface area (Å²) in [6.07, 6.45) is 2.34. The molecule has 0 unspecified atom stereocenters. The van der Waals surface area contributed by atoms with Gasteiger partial charge in [-0.2, -0.15) is 0 Å². The zero-order valence-corrected chi connectivity index (χ0v) is 14.8. The number of benzene rings is 1. The number of thiophene rings is 1. The van der Waals surface area contributed by atoms with Gasteiger partial charge in [-0.1, -0.05) is 24.3 Å². The Morgan fingerprint density at radius 1 is 1.09 bits per heavy atom. The summed E-state index contributed by atoms with van der Waals surface area (Å²) in [7, 11) is 2.19. The summed E-state index contributed by atoms with van der Waals surface area (Å²) in [6, 6.07) is 12.0. The Bertz CT molecular complexity index is 897. The van der Waals surface area contributed by atoms with Crippen LogP contribution in [0.2, 0.25) is 0 Å². The first-order chi connectivity index (χ1) is 10.7. The van der Waals surface area contributed by atoms with E-state index in [1.54, 1.807) is 11.3 Å². The summed E-state index contributed by atoms with van der Waals surface area (Å²) in [5, 5.41) is 5.22. The normalized spacial score (nSPS) is 16.6. The quantitative estimate of drug-likeness (QED) is 0.640. The zero-order chi connectivity index (χ0) is 15.1. The van der Waals surface area contributed by atoms with Crippen molar-refractivity contribution in [2.75, 3.05) is 20.1 Å². The predicted octanol–water partition coefficient (Wildman–Crippen LogP) is 4.65. The lowest BCUT2D eigenvalue weighted by Crippen LogP contribution is -2.29. The molecule has 4 heteroatoms. The summed E-state index contributed by atoms with van der Waals surface area (Å²) in [5.74, 6) is 0.550. The van der Waals surface area contributed by atoms with Crippen molar-refractivity contribution in [2.45, 2.75) is 18.8 Å². The first kappa shape index (κ1) is 16.4. The number of hydrogen-bond donors (Lipinski definition) is 0. The fraction of sp³-hybridized carbons (Fsp3) is 0.316. The van der Waals surface area contributed by atoms with E-state index >= 15 is 0 Å². The van der Waals surface area contributed by atoms with E-state index in [9.17, 15) is 4.79 Å². The van der Waals surface area contributed by atoms with Crippen LogP contribution in [0.15, 0.2) is 46.6 Å². The van der Waals surface area contributed by atoms with Gasteiger partial charge in [0.05, 0.1) is 0 Å². The number of halogens is 1. The first-order valence-corrected chi connectivity index (χ1v) is 8.74. The van der Waals surface area contributed by atoms with Gasteiger partial charge in [-0.3, -0.25) is 4.79 Å². The van der Waals surface area contributed by atoms with Crippen molar-refractivity contribution >= 4 is 44.6 Å². The van der Waals surface area contributed by atoms with E-state index in [-0.39, 0.29) is 17.8 Å². The second-order valence-electron chi connectivity index (χ2n) is 6.25. The molecule has 3 aromatic rings. The number of likely N-dealkylation sites (tertiary alicyclic amines) is 1. The van der Waals surface area contributed by atoms with E-state index in [1.807, 2.05) is 18.2 Å². The third-order valence-electron chi connectivity index (χ3n) is 4.84. The Morgan fingerprint density at radius 3 is 2.52 bits per heavy atom. The number of rotatable bonds is 1. The molecule has 2 aromatic carbocycles. The maximum Gasteiger partial charge on any atom is 0.187 e. The van der Waals surface area contributed by atoms with Gasteiger partial charge in [0, 0.05) is 10.1 Å². The monoisotopic (exact) mass is 345 g/mol. The van der Waals surface area contributed by atoms with Crippen LogP contribution in [0.3, 0.4) is 0 Å². The molecule has 2 heterocycles. The van der Waals surface area contributed by atoms with Gasteiger partial charge in [0.15, 0.2) is 5.43 Å². The van der Waals surface area contributed by atoms with Gasteiger partial charge in [0.25, 0.3) is 0 Å². The molecule has 1 saturated heterocycles. The van der Waals surface area contributed by atoms with Crippen molar-refractivity contribution in [1.82, 2.24) is 4.90 Å². The Morgan fingerprint density at radius 2 is 1.78 bits per heavy atom. The summed E-state index contributed by atoms with van der Waals surface area (Å²) in [5.41, 5.74) is 1.54. The molecule has 1 aliphatic heterocycles. The van der Waals surface area contributed by atoms with Gasteiger partial charge in [0.1, 0.15) is 0 Å². The smallest absolute Gasteiger partial charge is 0.187 e. The molecule has 2 nitrogen and oxygen atoms in total. The van der Waals surface area contributed by atoms with E-state index < -0.39 is 0 Å². The van der Waals surface area contributed by atoms with Crippen LogP contribution in [0, 0.1) is 0 Å². The molecular weight excluding hydrogens is 326 g/mol. The standard InChI is InChI=1S/C19H19NOS.ClH/c1-20-9-6-13(7-10-20)18-16-5-3-2-4-15(16)17(21)12-14-8-11-22-19(14)18;/h2-5,8,11-13H,6-7,9-10H2,1H3;1H. The van der Waals surface area contributed by atoms with Crippen molar-refractivity contribution in [3.8, 4) is 0 Å². The topological polar surface area (TPSA) is 20.3 Å². The molecule has 0 amide bonds. The van der Waals surface area contributed by atoms with Crippen molar-refractivity contribution in [2.24, 2.45) is 0 Å². The summed E-state index contributed by atoms with van der Waals surface area (Å²) in [4.78, 5) is 15.0. The van der Waals surface area contributed by atoms with Crippen LogP contribution in [0.5, 0.6) is 0 Å². The lowest BCUT2D eigenvalue weighted by molar-refractivity contribution is 0.256. The van der Waals surface area contributed by atoms with Crippen LogP contribution in [0.25, 0.3) is 20.9 Å². The van der Waals surface area contributed by atoms with Gasteiger partial charge >= 0.3 is 0 Å². The Labute approximate surface area is 146 Å². The van der Waals surface area contributed by atoms with E-state index in [0.29, 0.717) is 5.92 Å². The van der Waals surface area contributed by atoms with Crippen molar-refractivity contribution in [3.63, 3.8) is 0 Å². The van der Waals surface area contributed by atoms with Crippen molar-refractivity contribution in [3.05, 3.63) is 57.6 Å². The molecule has 120 valence electrons. The van der Waals surface area contributed by atoms with Crippen molar-refractivity contribution < 1.29 is 0 Å². The third-order valence-corrected chi connectivity index (χ3v) is 5.80. The highest BCUT2D eigenvalue weighted by molar-refractivity contribution is 7.17. The van der Waals surface area contributed by atoms with Crippen LogP contribution in [0.1, 0.15) is 24.3 Å². The van der Waals surface area contributed by atoms with Crippen molar-refractivity contribution in [1.29, 1.82) is 0 Å². The first-order valence-electron chi connectivity index (χ1n) is 7.86. The average molecular weight is 346 g/mol. The van der Waals surface area contributed by atoms with E-state index in [0.717, 1.165) is 29.2 Å². The van der Waals surface area contributed by atoms with Crippen LogP contribution >= 0.6 is 23.7 Å². The van der Waals surface area contributed by atoms with Gasteiger partial charge in [-0.25, -0.2) is 0 Å². The lowest BCUT2D eigenvalue weighted by atomic mass is 9.87. The minimum atomic E-state index is 0. The second kappa shape index (κ2) is 6.60. The Kier molecular flexibility index (Phi) is 4.72. The van der Waals surface area contributed by atoms with E-state index in [4.69, 9.17) is 0 Å². The van der Waals surface area contributed by atoms with E-state index in [2.05, 4.69) is 35.5 Å². The zero-order valence-electron chi connectivity index (χ0n) is 13.1. The third kappa shape index (κ3) is 2.89. The second-order valence-corrected chi connectivity index (χ2v) is 7.17. The molecule has 1 aliphatic rings. The maximum atomic E-state index is 12.6. The minimum Gasteiger partial charge on any atom is -0.306 e. The molecule has 0 saturated carbocycles. The molecule has 23 heavy (non-hydrogen) atoms. The molecule has 0 N–H and O–H groups in total. The van der Waals surface area contributed by atoms with Gasteiger partial charge in [-0.15, -0.1) is 23.7 Å². The Balaban J connectivity index is 0.00000156. The molecule has 4 rings (SSSR count). The maximum absolute atomic E-state index is 12.6. The average Bonchev–Trinajstić information content (AvgIpc) is 2.93. The van der Waals surface area contributed by atoms with Crippen LogP contribution in [0.4, 0.5) is 0 Å². The number of piperidine rings is 1. The number of hydrogen-bond acceptors (Lipinski definition) is 3. The fourth-order valence-corrected chi connectivity index (χ4v) is 4.65. The summed E-state index contributed by atoms with van der Waals surface area (Å²) in [6.45, 7) is 2.27. The SMILES string of the molecule is CN1CCC(c2c3ccccc3c(=O)cc3ccsc23)CC1.Cl. The highest BCUT2D eigenvalue weighted by atomic mass is 35.5. The van der Waals surface area contributed by atoms with Gasteiger partial charge < -0.3 is 4.90 Å². The molecule has 1 aromatic heterocycles. The number of nitrogens with zero attached hydrogens (tertiary/aromatic N) is 1. The largest absolute Gasteiger partial charge is 0.306 e. The summed E-state index contributed by atoms with van der Waals surface area (Å²) < 4.78 is 1.30. The van der Waals surface area contributed by atoms with Crippen LogP contribution < -0.4 is 5.43 Å².